The van der Waals surface area contributed by atoms with Crippen molar-refractivity contribution >= 4 is 17.5 Å². The Morgan fingerprint density at radius 3 is 3.12 bits per heavy atom. The molecule has 1 saturated heterocycles. The van der Waals surface area contributed by atoms with Gasteiger partial charge in [0.05, 0.1) is 12.7 Å². The van der Waals surface area contributed by atoms with Gasteiger partial charge in [0.15, 0.2) is 0 Å². The van der Waals surface area contributed by atoms with Gasteiger partial charge in [0.2, 0.25) is 0 Å². The Morgan fingerprint density at radius 2 is 2.41 bits per heavy atom. The van der Waals surface area contributed by atoms with Gasteiger partial charge < -0.3 is 9.64 Å². The fourth-order valence-corrected chi connectivity index (χ4v) is 2.14. The van der Waals surface area contributed by atoms with E-state index < -0.39 is 0 Å². The molecular formula is C13H16ClNO2. The summed E-state index contributed by atoms with van der Waals surface area (Å²) in [6, 6.07) is 7.48. The molecule has 17 heavy (non-hydrogen) atoms. The summed E-state index contributed by atoms with van der Waals surface area (Å²) in [7, 11) is 0. The quantitative estimate of drug-likeness (QED) is 0.757. The van der Waals surface area contributed by atoms with Gasteiger partial charge in [-0.25, -0.2) is 0 Å². The molecule has 0 saturated carbocycles. The minimum absolute atomic E-state index is 0.0621. The van der Waals surface area contributed by atoms with E-state index in [9.17, 15) is 4.79 Å². The van der Waals surface area contributed by atoms with Crippen molar-refractivity contribution in [2.24, 2.45) is 0 Å². The number of carbonyl (C=O) groups is 1. The maximum atomic E-state index is 12.2. The highest BCUT2D eigenvalue weighted by atomic mass is 35.5. The van der Waals surface area contributed by atoms with Gasteiger partial charge in [-0.2, -0.15) is 0 Å². The minimum atomic E-state index is 0.0621. The van der Waals surface area contributed by atoms with Crippen molar-refractivity contribution in [3.63, 3.8) is 0 Å². The number of alkyl halides is 1. The maximum absolute atomic E-state index is 12.2. The number of halogens is 1. The summed E-state index contributed by atoms with van der Waals surface area (Å²) >= 11 is 5.77. The van der Waals surface area contributed by atoms with Gasteiger partial charge in [-0.1, -0.05) is 12.1 Å². The number of rotatable bonds is 2. The van der Waals surface area contributed by atoms with Crippen LogP contribution < -0.4 is 0 Å². The Hall–Kier alpha value is -1.06. The Bertz CT molecular complexity index is 408. The molecule has 0 aromatic heterocycles. The maximum Gasteiger partial charge on any atom is 0.254 e. The predicted molar refractivity (Wildman–Crippen MR) is 67.3 cm³/mol. The van der Waals surface area contributed by atoms with Crippen LogP contribution in [0.5, 0.6) is 0 Å². The van der Waals surface area contributed by atoms with Crippen LogP contribution in [-0.4, -0.2) is 36.6 Å². The van der Waals surface area contributed by atoms with E-state index in [4.69, 9.17) is 16.3 Å². The molecule has 1 aliphatic rings. The van der Waals surface area contributed by atoms with Crippen LogP contribution in [0.3, 0.4) is 0 Å². The molecule has 2 rings (SSSR count). The molecule has 1 aliphatic heterocycles. The first-order chi connectivity index (χ1) is 8.20. The molecule has 1 heterocycles. The summed E-state index contributed by atoms with van der Waals surface area (Å²) in [5.74, 6) is 0.493. The average Bonchev–Trinajstić information content (AvgIpc) is 2.38. The molecule has 4 heteroatoms. The van der Waals surface area contributed by atoms with E-state index in [0.29, 0.717) is 31.1 Å². The molecule has 1 amide bonds. The summed E-state index contributed by atoms with van der Waals surface area (Å²) in [5, 5.41) is 0. The van der Waals surface area contributed by atoms with Crippen molar-refractivity contribution in [1.82, 2.24) is 4.90 Å². The molecule has 1 fully saturated rings. The standard InChI is InChI=1S/C13H16ClNO2/c1-10-9-15(5-6-17-10)13(16)12-4-2-3-11(7-12)8-14/h2-4,7,10H,5-6,8-9H2,1H3. The lowest BCUT2D eigenvalue weighted by molar-refractivity contribution is -0.0124. The van der Waals surface area contributed by atoms with Crippen LogP contribution in [0.1, 0.15) is 22.8 Å². The lowest BCUT2D eigenvalue weighted by Gasteiger charge is -2.31. The average molecular weight is 254 g/mol. The van der Waals surface area contributed by atoms with E-state index in [2.05, 4.69) is 0 Å². The normalized spacial score (nSPS) is 20.4. The van der Waals surface area contributed by atoms with Crippen molar-refractivity contribution in [2.45, 2.75) is 18.9 Å². The van der Waals surface area contributed by atoms with Crippen molar-refractivity contribution in [1.29, 1.82) is 0 Å². The molecule has 1 aromatic carbocycles. The van der Waals surface area contributed by atoms with Crippen molar-refractivity contribution in [2.75, 3.05) is 19.7 Å². The second kappa shape index (κ2) is 5.52. The molecule has 1 atom stereocenters. The summed E-state index contributed by atoms with van der Waals surface area (Å²) in [4.78, 5) is 14.1. The SMILES string of the molecule is CC1CN(C(=O)c2cccc(CCl)c2)CCO1. The van der Waals surface area contributed by atoms with Gasteiger partial charge in [0, 0.05) is 24.5 Å². The fourth-order valence-electron chi connectivity index (χ4n) is 1.97. The van der Waals surface area contributed by atoms with Crippen molar-refractivity contribution < 1.29 is 9.53 Å². The summed E-state index contributed by atoms with van der Waals surface area (Å²) in [6.07, 6.45) is 0.115. The third kappa shape index (κ3) is 2.99. The van der Waals surface area contributed by atoms with Crippen LogP contribution in [0.25, 0.3) is 0 Å². The van der Waals surface area contributed by atoms with E-state index in [1.165, 1.54) is 0 Å². The largest absolute Gasteiger partial charge is 0.375 e. The molecule has 0 N–H and O–H groups in total. The smallest absolute Gasteiger partial charge is 0.254 e. The molecule has 92 valence electrons. The second-order valence-electron chi connectivity index (χ2n) is 4.27. The lowest BCUT2D eigenvalue weighted by atomic mass is 10.1. The molecule has 1 unspecified atom stereocenters. The predicted octanol–water partition coefficient (Wildman–Crippen LogP) is 2.29. The van der Waals surface area contributed by atoms with Crippen LogP contribution in [0.15, 0.2) is 24.3 Å². The van der Waals surface area contributed by atoms with Crippen molar-refractivity contribution in [3.05, 3.63) is 35.4 Å². The third-order valence-electron chi connectivity index (χ3n) is 2.86. The number of morpholine rings is 1. The van der Waals surface area contributed by atoms with Gasteiger partial charge in [-0.15, -0.1) is 11.6 Å². The van der Waals surface area contributed by atoms with Gasteiger partial charge in [-0.05, 0) is 24.6 Å². The van der Waals surface area contributed by atoms with E-state index in [1.54, 1.807) is 0 Å². The first kappa shape index (κ1) is 12.4. The zero-order valence-corrected chi connectivity index (χ0v) is 10.6. The number of benzene rings is 1. The lowest BCUT2D eigenvalue weighted by Crippen LogP contribution is -2.44. The number of nitrogens with zero attached hydrogens (tertiary/aromatic N) is 1. The zero-order chi connectivity index (χ0) is 12.3. The van der Waals surface area contributed by atoms with E-state index in [1.807, 2.05) is 36.1 Å². The Morgan fingerprint density at radius 1 is 1.59 bits per heavy atom. The summed E-state index contributed by atoms with van der Waals surface area (Å²) < 4.78 is 5.42. The molecule has 0 bridgehead atoms. The molecule has 0 radical (unpaired) electrons. The van der Waals surface area contributed by atoms with Crippen molar-refractivity contribution in [3.8, 4) is 0 Å². The van der Waals surface area contributed by atoms with Gasteiger partial charge in [0.1, 0.15) is 0 Å². The highest BCUT2D eigenvalue weighted by molar-refractivity contribution is 6.17. The summed E-state index contributed by atoms with van der Waals surface area (Å²) in [6.45, 7) is 3.91. The zero-order valence-electron chi connectivity index (χ0n) is 9.86. The topological polar surface area (TPSA) is 29.5 Å². The van der Waals surface area contributed by atoms with Gasteiger partial charge >= 0.3 is 0 Å². The molecular weight excluding hydrogens is 238 g/mol. The second-order valence-corrected chi connectivity index (χ2v) is 4.53. The highest BCUT2D eigenvalue weighted by Gasteiger charge is 2.22. The van der Waals surface area contributed by atoms with E-state index in [0.717, 1.165) is 5.56 Å². The van der Waals surface area contributed by atoms with Crippen LogP contribution in [0.4, 0.5) is 0 Å². The highest BCUT2D eigenvalue weighted by Crippen LogP contribution is 2.13. The molecule has 1 aromatic rings. The third-order valence-corrected chi connectivity index (χ3v) is 3.17. The van der Waals surface area contributed by atoms with E-state index in [-0.39, 0.29) is 12.0 Å². The summed E-state index contributed by atoms with van der Waals surface area (Å²) in [5.41, 5.74) is 1.68. The molecule has 3 nitrogen and oxygen atoms in total. The Kier molecular flexibility index (Phi) is 4.02. The van der Waals surface area contributed by atoms with Crippen LogP contribution >= 0.6 is 11.6 Å². The molecule has 0 aliphatic carbocycles. The van der Waals surface area contributed by atoms with E-state index >= 15 is 0 Å². The van der Waals surface area contributed by atoms with Gasteiger partial charge in [-0.3, -0.25) is 4.79 Å². The first-order valence-corrected chi connectivity index (χ1v) is 6.30. The number of hydrogen-bond donors (Lipinski definition) is 0. The van der Waals surface area contributed by atoms with Crippen LogP contribution in [0, 0.1) is 0 Å². The van der Waals surface area contributed by atoms with Crippen LogP contribution in [0.2, 0.25) is 0 Å². The number of carbonyl (C=O) groups excluding carboxylic acids is 1. The Balaban J connectivity index is 2.12. The van der Waals surface area contributed by atoms with Gasteiger partial charge in [0.25, 0.3) is 5.91 Å². The minimum Gasteiger partial charge on any atom is -0.375 e. The molecule has 0 spiro atoms. The monoisotopic (exact) mass is 253 g/mol. The number of ether oxygens (including phenoxy) is 1. The fraction of sp³-hybridized carbons (Fsp3) is 0.462. The first-order valence-electron chi connectivity index (χ1n) is 5.76. The van der Waals surface area contributed by atoms with Crippen LogP contribution in [-0.2, 0) is 10.6 Å². The number of hydrogen-bond acceptors (Lipinski definition) is 2. The Labute approximate surface area is 106 Å². The number of amides is 1.